The first-order valence-corrected chi connectivity index (χ1v) is 23.3. The van der Waals surface area contributed by atoms with Crippen molar-refractivity contribution in [3.8, 4) is 0 Å². The summed E-state index contributed by atoms with van der Waals surface area (Å²) in [6.07, 6.45) is 31.3. The Morgan fingerprint density at radius 3 is 2.07 bits per heavy atom. The highest BCUT2D eigenvalue weighted by atomic mass is 31.2. The number of ketones is 1. The van der Waals surface area contributed by atoms with Gasteiger partial charge in [0.25, 0.3) is 0 Å². The smallest absolute Gasteiger partial charge is 0.462 e. The van der Waals surface area contributed by atoms with Crippen molar-refractivity contribution in [1.29, 1.82) is 0 Å². The lowest BCUT2D eigenvalue weighted by Crippen LogP contribution is -2.37. The van der Waals surface area contributed by atoms with Crippen molar-refractivity contribution in [2.45, 2.75) is 173 Å². The van der Waals surface area contributed by atoms with Crippen molar-refractivity contribution in [3.05, 3.63) is 36.0 Å². The van der Waals surface area contributed by atoms with Gasteiger partial charge in [0, 0.05) is 24.3 Å². The lowest BCUT2D eigenvalue weighted by Gasteiger charge is -2.24. The number of quaternary nitrogens is 1. The summed E-state index contributed by atoms with van der Waals surface area (Å²) in [6.45, 7) is 4.18. The lowest BCUT2D eigenvalue weighted by molar-refractivity contribution is -0.870. The van der Waals surface area contributed by atoms with E-state index in [1.54, 1.807) is 6.08 Å². The van der Waals surface area contributed by atoms with Crippen LogP contribution in [0.15, 0.2) is 36.0 Å². The highest BCUT2D eigenvalue weighted by molar-refractivity contribution is 7.47. The van der Waals surface area contributed by atoms with Crippen LogP contribution >= 0.6 is 7.82 Å². The number of phosphoric acid groups is 1. The van der Waals surface area contributed by atoms with Gasteiger partial charge < -0.3 is 23.6 Å². The predicted molar refractivity (Wildman–Crippen MR) is 222 cm³/mol. The third kappa shape index (κ3) is 25.3. The maximum atomic E-state index is 12.8. The largest absolute Gasteiger partial charge is 0.472 e. The highest BCUT2D eigenvalue weighted by Crippen LogP contribution is 2.43. The van der Waals surface area contributed by atoms with Crippen molar-refractivity contribution in [3.63, 3.8) is 0 Å². The van der Waals surface area contributed by atoms with E-state index in [1.807, 2.05) is 45.4 Å². The third-order valence-electron chi connectivity index (χ3n) is 10.2. The molecule has 1 saturated heterocycles. The molecule has 0 aromatic rings. The van der Waals surface area contributed by atoms with E-state index in [0.717, 1.165) is 37.7 Å². The molecule has 322 valence electrons. The fourth-order valence-corrected chi connectivity index (χ4v) is 7.32. The third-order valence-corrected chi connectivity index (χ3v) is 11.2. The Morgan fingerprint density at radius 1 is 0.821 bits per heavy atom. The molecular weight excluding hydrogens is 733 g/mol. The fraction of sp³-hybridized carbons (Fsp3) is 0.795. The number of likely N-dealkylation sites (N-methyl/N-ethyl adjacent to an activating group) is 1. The average Bonchev–Trinajstić information content (AvgIpc) is 3.80. The Bertz CT molecular complexity index is 1260. The zero-order valence-electron chi connectivity index (χ0n) is 35.6. The van der Waals surface area contributed by atoms with Gasteiger partial charge >= 0.3 is 19.8 Å². The van der Waals surface area contributed by atoms with Gasteiger partial charge in [0.1, 0.15) is 25.9 Å². The number of hydrogen-bond donors (Lipinski definition) is 1. The summed E-state index contributed by atoms with van der Waals surface area (Å²) in [7, 11) is 1.38. The van der Waals surface area contributed by atoms with Gasteiger partial charge in [-0.05, 0) is 44.3 Å². The Morgan fingerprint density at radius 2 is 1.43 bits per heavy atom. The molecule has 0 aromatic carbocycles. The number of carbonyl (C=O) groups excluding carboxylic acids is 3. The second-order valence-corrected chi connectivity index (χ2v) is 18.0. The zero-order valence-corrected chi connectivity index (χ0v) is 36.5. The zero-order chi connectivity index (χ0) is 41.1. The first-order valence-electron chi connectivity index (χ1n) is 21.9. The van der Waals surface area contributed by atoms with Gasteiger partial charge in [-0.3, -0.25) is 23.4 Å². The molecule has 0 amide bonds. The van der Waals surface area contributed by atoms with Crippen LogP contribution in [0.2, 0.25) is 0 Å². The molecule has 1 unspecified atom stereocenters. The lowest BCUT2D eigenvalue weighted by atomic mass is 9.96. The Kier molecular flexibility index (Phi) is 26.0. The van der Waals surface area contributed by atoms with Gasteiger partial charge in [-0.25, -0.2) is 4.57 Å². The number of nitrogens with zero attached hydrogens (tertiary/aromatic N) is 1. The summed E-state index contributed by atoms with van der Waals surface area (Å²) < 4.78 is 40.1. The maximum absolute atomic E-state index is 12.8. The van der Waals surface area contributed by atoms with Crippen LogP contribution in [0.25, 0.3) is 0 Å². The van der Waals surface area contributed by atoms with E-state index in [0.29, 0.717) is 30.3 Å². The summed E-state index contributed by atoms with van der Waals surface area (Å²) >= 11 is 0. The number of carbonyl (C=O) groups is 3. The summed E-state index contributed by atoms with van der Waals surface area (Å²) in [5, 5.41) is 0. The second-order valence-electron chi connectivity index (χ2n) is 16.6. The van der Waals surface area contributed by atoms with Gasteiger partial charge in [0.05, 0.1) is 33.9 Å². The van der Waals surface area contributed by atoms with Crippen molar-refractivity contribution < 1.29 is 51.6 Å². The molecule has 1 heterocycles. The minimum Gasteiger partial charge on any atom is -0.462 e. The molecule has 12 heteroatoms. The monoisotopic (exact) mass is 811 g/mol. The van der Waals surface area contributed by atoms with E-state index >= 15 is 0 Å². The van der Waals surface area contributed by atoms with Gasteiger partial charge in [0.2, 0.25) is 0 Å². The molecule has 0 aromatic heterocycles. The number of hydrogen-bond acceptors (Lipinski definition) is 9. The van der Waals surface area contributed by atoms with Crippen molar-refractivity contribution >= 4 is 25.5 Å². The predicted octanol–water partition coefficient (Wildman–Crippen LogP) is 9.91. The molecule has 11 nitrogen and oxygen atoms in total. The molecule has 0 bridgehead atoms. The first-order chi connectivity index (χ1) is 26.8. The fourth-order valence-electron chi connectivity index (χ4n) is 6.58. The van der Waals surface area contributed by atoms with E-state index in [9.17, 15) is 23.8 Å². The van der Waals surface area contributed by atoms with Crippen LogP contribution in [0.1, 0.15) is 155 Å². The quantitative estimate of drug-likeness (QED) is 0.0125. The summed E-state index contributed by atoms with van der Waals surface area (Å²) in [5.74, 6) is -0.855. The number of allylic oxidation sites excluding steroid dienone is 5. The highest BCUT2D eigenvalue weighted by Gasteiger charge is 2.38. The van der Waals surface area contributed by atoms with E-state index in [2.05, 4.69) is 13.8 Å². The number of rotatable bonds is 35. The molecule has 1 aliphatic carbocycles. The minimum absolute atomic E-state index is 0.00280. The van der Waals surface area contributed by atoms with Crippen LogP contribution in [0.5, 0.6) is 0 Å². The number of ether oxygens (including phenoxy) is 3. The van der Waals surface area contributed by atoms with Gasteiger partial charge in [0.15, 0.2) is 11.9 Å². The van der Waals surface area contributed by atoms with E-state index in [-0.39, 0.29) is 50.0 Å². The van der Waals surface area contributed by atoms with E-state index < -0.39 is 32.5 Å². The molecule has 5 atom stereocenters. The van der Waals surface area contributed by atoms with Crippen molar-refractivity contribution in [1.82, 2.24) is 0 Å². The van der Waals surface area contributed by atoms with Crippen molar-refractivity contribution in [2.24, 2.45) is 5.92 Å². The van der Waals surface area contributed by atoms with Gasteiger partial charge in [-0.15, -0.1) is 0 Å². The number of unbranched alkanes of at least 4 members (excludes halogenated alkanes) is 15. The van der Waals surface area contributed by atoms with Gasteiger partial charge in [-0.2, -0.15) is 0 Å². The topological polar surface area (TPSA) is 138 Å². The van der Waals surface area contributed by atoms with E-state index in [1.165, 1.54) is 77.0 Å². The second kappa shape index (κ2) is 29.1. The molecule has 2 aliphatic rings. The number of esters is 2. The molecule has 0 saturated carbocycles. The molecule has 0 spiro atoms. The number of epoxide rings is 1. The van der Waals surface area contributed by atoms with Crippen LogP contribution < -0.4 is 0 Å². The van der Waals surface area contributed by atoms with Crippen molar-refractivity contribution in [2.75, 3.05) is 47.5 Å². The van der Waals surface area contributed by atoms with Crippen LogP contribution in [0, 0.1) is 5.92 Å². The number of phosphoric ester groups is 1. The minimum atomic E-state index is -4.42. The SMILES string of the molecule is CCCCCCCCCCCCCCCC(=O)OC[C@H](COP(=O)(O)OCC[N+](C)(C)C)OC(=O)CCC/C=C\C[C@H]1C=CC(=O)/C1=C/[C@H]1O[C@@H]1CCCCC. The molecule has 56 heavy (non-hydrogen) atoms. The van der Waals surface area contributed by atoms with Gasteiger partial charge in [-0.1, -0.05) is 128 Å². The molecule has 1 N–H and O–H groups in total. The Hall–Kier alpha value is -2.14. The van der Waals surface area contributed by atoms with Crippen LogP contribution in [-0.2, 0) is 42.2 Å². The molecular formula is C44H77NO10P+. The van der Waals surface area contributed by atoms with Crippen LogP contribution in [-0.4, -0.2) is 92.9 Å². The average molecular weight is 811 g/mol. The first kappa shape index (κ1) is 50.0. The Balaban J connectivity index is 1.72. The molecule has 0 radical (unpaired) electrons. The van der Waals surface area contributed by atoms with E-state index in [4.69, 9.17) is 23.3 Å². The van der Waals surface area contributed by atoms with Crippen LogP contribution in [0.4, 0.5) is 0 Å². The molecule has 1 aliphatic heterocycles. The molecule has 1 fully saturated rings. The van der Waals surface area contributed by atoms with Crippen LogP contribution in [0.3, 0.4) is 0 Å². The summed E-state index contributed by atoms with van der Waals surface area (Å²) in [4.78, 5) is 48.0. The normalized spacial score (nSPS) is 20.5. The Labute approximate surface area is 339 Å². The summed E-state index contributed by atoms with van der Waals surface area (Å²) in [6, 6.07) is 0. The maximum Gasteiger partial charge on any atom is 0.472 e. The molecule has 2 rings (SSSR count). The summed E-state index contributed by atoms with van der Waals surface area (Å²) in [5.41, 5.74) is 0.797. The standard InChI is InChI=1S/C44H76NO10P/c1-6-8-10-11-12-13-14-15-16-17-18-19-24-28-43(47)51-35-38(36-53-56(49,50)52-33-32-45(3,4)5)54-44(48)29-25-21-20-23-26-37-30-31-40(46)39(37)34-42-41(55-42)27-22-9-7-2/h20,23,30-31,34,37-38,41-42H,6-19,21-22,24-29,32-33,35-36H2,1-5H3/p+1/b23-20-,39-34+/t37-,38+,41+,42+/m0/s1.